The molecule has 0 fully saturated rings. The van der Waals surface area contributed by atoms with Gasteiger partial charge in [0.2, 0.25) is 11.4 Å². The summed E-state index contributed by atoms with van der Waals surface area (Å²) in [5.41, 5.74) is 7.33. The zero-order chi connectivity index (χ0) is 17.1. The van der Waals surface area contributed by atoms with E-state index in [-0.39, 0.29) is 12.4 Å². The lowest BCUT2D eigenvalue weighted by molar-refractivity contribution is -0.649. The molecule has 0 unspecified atom stereocenters. The normalized spacial score (nSPS) is 10.2. The van der Waals surface area contributed by atoms with Crippen LogP contribution in [0.15, 0.2) is 103 Å². The van der Waals surface area contributed by atoms with Crippen molar-refractivity contribution < 1.29 is 17.0 Å². The minimum atomic E-state index is 0. The molecule has 0 radical (unpaired) electrons. The summed E-state index contributed by atoms with van der Waals surface area (Å²) in [6.45, 7) is 0. The predicted octanol–water partition coefficient (Wildman–Crippen LogP) is 2.52. The number of pyridine rings is 1. The van der Waals surface area contributed by atoms with Crippen LogP contribution in [0.1, 0.15) is 0 Å². The first-order valence-electron chi connectivity index (χ1n) is 8.53. The Bertz CT molecular complexity index is 920. The summed E-state index contributed by atoms with van der Waals surface area (Å²) in [5.74, 6) is 0. The third-order valence-corrected chi connectivity index (χ3v) is 4.55. The Kier molecular flexibility index (Phi) is 5.50. The van der Waals surface area contributed by atoms with Crippen LogP contribution >= 0.6 is 0 Å². The van der Waals surface area contributed by atoms with Crippen LogP contribution in [-0.4, -0.2) is 0 Å². The fourth-order valence-electron chi connectivity index (χ4n) is 3.23. The summed E-state index contributed by atoms with van der Waals surface area (Å²) >= 11 is 0. The fraction of sp³-hybridized carbons (Fsp3) is 0.0417. The van der Waals surface area contributed by atoms with E-state index in [4.69, 9.17) is 0 Å². The Morgan fingerprint density at radius 1 is 0.462 bits per heavy atom. The molecule has 0 atom stereocenters. The first-order valence-corrected chi connectivity index (χ1v) is 8.53. The van der Waals surface area contributed by atoms with Gasteiger partial charge in [-0.2, -0.15) is 4.57 Å². The molecule has 0 aliphatic heterocycles. The Morgan fingerprint density at radius 2 is 0.808 bits per heavy atom. The van der Waals surface area contributed by atoms with Crippen molar-refractivity contribution in [1.82, 2.24) is 0 Å². The quantitative estimate of drug-likeness (QED) is 0.496. The summed E-state index contributed by atoms with van der Waals surface area (Å²) in [5, 5.41) is 0. The average Bonchev–Trinajstić information content (AvgIpc) is 2.70. The highest BCUT2D eigenvalue weighted by Gasteiger charge is 2.19. The van der Waals surface area contributed by atoms with Crippen LogP contribution < -0.4 is 17.0 Å². The summed E-state index contributed by atoms with van der Waals surface area (Å²) in [6.07, 6.45) is 0. The molecule has 0 aliphatic rings. The van der Waals surface area contributed by atoms with Gasteiger partial charge in [-0.3, -0.25) is 0 Å². The van der Waals surface area contributed by atoms with Crippen molar-refractivity contribution in [3.05, 3.63) is 103 Å². The second-order valence-corrected chi connectivity index (χ2v) is 6.17. The molecule has 0 amide bonds. The molecule has 2 heteroatoms. The molecule has 0 saturated heterocycles. The molecule has 3 aromatic carbocycles. The lowest BCUT2D eigenvalue weighted by atomic mass is 9.99. The van der Waals surface area contributed by atoms with Crippen molar-refractivity contribution >= 4 is 0 Å². The van der Waals surface area contributed by atoms with E-state index < -0.39 is 0 Å². The lowest BCUT2D eigenvalue weighted by Gasteiger charge is -2.10. The van der Waals surface area contributed by atoms with Crippen LogP contribution in [0.2, 0.25) is 0 Å². The maximum atomic E-state index is 2.27. The third-order valence-electron chi connectivity index (χ3n) is 4.55. The van der Waals surface area contributed by atoms with E-state index in [0.717, 1.165) is 0 Å². The smallest absolute Gasteiger partial charge is 0.213 e. The molecule has 128 valence electrons. The molecular formula is C24H20ClN. The highest BCUT2D eigenvalue weighted by molar-refractivity contribution is 5.73. The van der Waals surface area contributed by atoms with Crippen molar-refractivity contribution in [2.75, 3.05) is 0 Å². The topological polar surface area (TPSA) is 3.88 Å². The van der Waals surface area contributed by atoms with Gasteiger partial charge in [0.15, 0.2) is 0 Å². The van der Waals surface area contributed by atoms with Gasteiger partial charge in [0.1, 0.15) is 7.05 Å². The Balaban J connectivity index is 0.00000196. The SMILES string of the molecule is C[n+]1c(-c2ccccc2)cc(-c2ccccc2)cc1-c1ccccc1.[Cl-]. The minimum absolute atomic E-state index is 0. The molecule has 0 saturated carbocycles. The number of aromatic nitrogens is 1. The van der Waals surface area contributed by atoms with Crippen LogP contribution in [0.3, 0.4) is 0 Å². The van der Waals surface area contributed by atoms with E-state index >= 15 is 0 Å². The van der Waals surface area contributed by atoms with Gasteiger partial charge in [0.05, 0.1) is 0 Å². The molecule has 1 nitrogen and oxygen atoms in total. The zero-order valence-electron chi connectivity index (χ0n) is 14.6. The van der Waals surface area contributed by atoms with E-state index in [2.05, 4.69) is 115 Å². The van der Waals surface area contributed by atoms with Crippen LogP contribution in [0.4, 0.5) is 0 Å². The van der Waals surface area contributed by atoms with Crippen molar-refractivity contribution in [3.63, 3.8) is 0 Å². The van der Waals surface area contributed by atoms with Gasteiger partial charge in [-0.1, -0.05) is 66.7 Å². The number of nitrogens with zero attached hydrogens (tertiary/aromatic N) is 1. The Hall–Kier alpha value is -2.90. The van der Waals surface area contributed by atoms with Gasteiger partial charge in [-0.15, -0.1) is 0 Å². The maximum Gasteiger partial charge on any atom is 0.213 e. The molecule has 0 spiro atoms. The zero-order valence-corrected chi connectivity index (χ0v) is 15.4. The molecule has 4 aromatic rings. The second kappa shape index (κ2) is 7.99. The number of rotatable bonds is 3. The summed E-state index contributed by atoms with van der Waals surface area (Å²) in [4.78, 5) is 0. The molecule has 1 heterocycles. The second-order valence-electron chi connectivity index (χ2n) is 6.17. The van der Waals surface area contributed by atoms with Gasteiger partial charge in [0.25, 0.3) is 0 Å². The monoisotopic (exact) mass is 357 g/mol. The summed E-state index contributed by atoms with van der Waals surface area (Å²) < 4.78 is 2.27. The molecule has 1 aromatic heterocycles. The van der Waals surface area contributed by atoms with Gasteiger partial charge < -0.3 is 12.4 Å². The number of hydrogen-bond donors (Lipinski definition) is 0. The number of benzene rings is 3. The Labute approximate surface area is 161 Å². The van der Waals surface area contributed by atoms with E-state index in [1.165, 1.54) is 33.6 Å². The third kappa shape index (κ3) is 3.54. The van der Waals surface area contributed by atoms with E-state index in [1.54, 1.807) is 0 Å². The van der Waals surface area contributed by atoms with Crippen LogP contribution in [0, 0.1) is 0 Å². The number of hydrogen-bond acceptors (Lipinski definition) is 0. The van der Waals surface area contributed by atoms with Crippen LogP contribution in [0.5, 0.6) is 0 Å². The molecule has 0 bridgehead atoms. The highest BCUT2D eigenvalue weighted by atomic mass is 35.5. The van der Waals surface area contributed by atoms with E-state index in [0.29, 0.717) is 0 Å². The van der Waals surface area contributed by atoms with Crippen molar-refractivity contribution in [2.24, 2.45) is 7.05 Å². The van der Waals surface area contributed by atoms with Gasteiger partial charge in [0, 0.05) is 23.3 Å². The molecule has 0 N–H and O–H groups in total. The van der Waals surface area contributed by atoms with E-state index in [9.17, 15) is 0 Å². The minimum Gasteiger partial charge on any atom is -1.00 e. The van der Waals surface area contributed by atoms with Gasteiger partial charge in [-0.25, -0.2) is 0 Å². The van der Waals surface area contributed by atoms with Gasteiger partial charge >= 0.3 is 0 Å². The largest absolute Gasteiger partial charge is 1.00 e. The first kappa shape index (κ1) is 17.9. The number of halogens is 1. The summed E-state index contributed by atoms with van der Waals surface area (Å²) in [7, 11) is 2.14. The maximum absolute atomic E-state index is 2.27. The average molecular weight is 358 g/mol. The van der Waals surface area contributed by atoms with E-state index in [1.807, 2.05) is 0 Å². The van der Waals surface area contributed by atoms with Crippen molar-refractivity contribution in [1.29, 1.82) is 0 Å². The van der Waals surface area contributed by atoms with Gasteiger partial charge in [-0.05, 0) is 35.4 Å². The lowest BCUT2D eigenvalue weighted by Crippen LogP contribution is -3.00. The van der Waals surface area contributed by atoms with Crippen LogP contribution in [0.25, 0.3) is 33.6 Å². The van der Waals surface area contributed by atoms with Crippen LogP contribution in [-0.2, 0) is 7.05 Å². The highest BCUT2D eigenvalue weighted by Crippen LogP contribution is 2.28. The Morgan fingerprint density at radius 3 is 1.19 bits per heavy atom. The molecule has 0 aliphatic carbocycles. The van der Waals surface area contributed by atoms with Crippen molar-refractivity contribution in [2.45, 2.75) is 0 Å². The molecule has 4 rings (SSSR count). The van der Waals surface area contributed by atoms with Crippen molar-refractivity contribution in [3.8, 4) is 33.6 Å². The molecule has 26 heavy (non-hydrogen) atoms. The summed E-state index contributed by atoms with van der Waals surface area (Å²) in [6, 6.07) is 36.3. The molecular weight excluding hydrogens is 338 g/mol. The fourth-order valence-corrected chi connectivity index (χ4v) is 3.23. The first-order chi connectivity index (χ1) is 12.3. The predicted molar refractivity (Wildman–Crippen MR) is 104 cm³/mol. The standard InChI is InChI=1S/C24H20N.ClH/c1-25-23(20-13-7-3-8-14-20)17-22(19-11-5-2-6-12-19)18-24(25)21-15-9-4-10-16-21;/h2-18H,1H3;1H/q+1;/p-1.